The fourth-order valence-corrected chi connectivity index (χ4v) is 2.95. The Morgan fingerprint density at radius 1 is 0.690 bits per heavy atom. The van der Waals surface area contributed by atoms with Crippen LogP contribution in [0.5, 0.6) is 0 Å². The number of rotatable bonds is 5. The first-order chi connectivity index (χ1) is 13.8. The smallest absolute Gasteiger partial charge is 0.194 e. The zero-order valence-corrected chi connectivity index (χ0v) is 15.4. The van der Waals surface area contributed by atoms with E-state index in [1.807, 2.05) is 12.1 Å². The molecule has 0 aromatic heterocycles. The Labute approximate surface area is 164 Å². The number of hydrogen-bond acceptors (Lipinski definition) is 0. The van der Waals surface area contributed by atoms with Crippen LogP contribution in [0.15, 0.2) is 54.6 Å². The van der Waals surface area contributed by atoms with Crippen LogP contribution in [0.2, 0.25) is 0 Å². The summed E-state index contributed by atoms with van der Waals surface area (Å²) in [4.78, 5) is 0. The maximum absolute atomic E-state index is 14.4. The highest BCUT2D eigenvalue weighted by atomic mass is 19.2. The van der Waals surface area contributed by atoms with E-state index in [4.69, 9.17) is 0 Å². The third-order valence-electron chi connectivity index (χ3n) is 4.46. The van der Waals surface area contributed by atoms with Gasteiger partial charge in [0.2, 0.25) is 0 Å². The van der Waals surface area contributed by atoms with Gasteiger partial charge in [-0.15, -0.1) is 0 Å². The highest BCUT2D eigenvalue weighted by molar-refractivity contribution is 5.84. The van der Waals surface area contributed by atoms with Gasteiger partial charge in [0, 0.05) is 11.1 Å². The van der Waals surface area contributed by atoms with Crippen LogP contribution in [0, 0.1) is 23.3 Å². The summed E-state index contributed by atoms with van der Waals surface area (Å²) in [5.41, 5.74) is 0.709. The van der Waals surface area contributed by atoms with Crippen LogP contribution in [0.25, 0.3) is 22.8 Å². The molecule has 0 unspecified atom stereocenters. The predicted octanol–water partition coefficient (Wildman–Crippen LogP) is 7.63. The van der Waals surface area contributed by atoms with Crippen LogP contribution in [0.4, 0.5) is 26.3 Å². The van der Waals surface area contributed by atoms with Gasteiger partial charge in [-0.1, -0.05) is 43.7 Å². The number of aryl methyl sites for hydroxylation is 1. The van der Waals surface area contributed by atoms with E-state index in [2.05, 4.69) is 6.92 Å². The van der Waals surface area contributed by atoms with E-state index in [0.29, 0.717) is 23.3 Å². The zero-order valence-electron chi connectivity index (χ0n) is 15.4. The molecule has 29 heavy (non-hydrogen) atoms. The van der Waals surface area contributed by atoms with E-state index in [1.165, 1.54) is 6.07 Å². The Morgan fingerprint density at radius 2 is 1.28 bits per heavy atom. The van der Waals surface area contributed by atoms with Crippen LogP contribution in [-0.4, -0.2) is 0 Å². The third kappa shape index (κ3) is 4.36. The van der Waals surface area contributed by atoms with Crippen molar-refractivity contribution in [2.24, 2.45) is 0 Å². The standard InChI is InChI=1S/C23H16F6/c1-2-3-13-4-6-14(7-5-13)15-8-9-17(18(24)10-15)22(28)21(27)16-11-19(25)23(29)20(26)12-16/h4-12H,2-3H2,1H3. The fourth-order valence-electron chi connectivity index (χ4n) is 2.95. The molecule has 0 radical (unpaired) electrons. The Bertz CT molecular complexity index is 1040. The van der Waals surface area contributed by atoms with Crippen molar-refractivity contribution in [3.63, 3.8) is 0 Å². The van der Waals surface area contributed by atoms with Crippen molar-refractivity contribution < 1.29 is 26.3 Å². The van der Waals surface area contributed by atoms with E-state index in [0.717, 1.165) is 30.5 Å². The van der Waals surface area contributed by atoms with E-state index in [9.17, 15) is 26.3 Å². The van der Waals surface area contributed by atoms with E-state index in [1.54, 1.807) is 12.1 Å². The zero-order chi connectivity index (χ0) is 21.1. The van der Waals surface area contributed by atoms with Gasteiger partial charge in [-0.05, 0) is 47.4 Å². The molecule has 0 aliphatic heterocycles. The highest BCUT2D eigenvalue weighted by Crippen LogP contribution is 2.33. The van der Waals surface area contributed by atoms with Crippen molar-refractivity contribution in [1.82, 2.24) is 0 Å². The second-order valence-corrected chi connectivity index (χ2v) is 6.52. The number of benzene rings is 3. The lowest BCUT2D eigenvalue weighted by atomic mass is 10.00. The van der Waals surface area contributed by atoms with Gasteiger partial charge in [-0.25, -0.2) is 26.3 Å². The minimum absolute atomic E-state index is 0.303. The van der Waals surface area contributed by atoms with Crippen molar-refractivity contribution in [2.45, 2.75) is 19.8 Å². The van der Waals surface area contributed by atoms with Crippen molar-refractivity contribution in [1.29, 1.82) is 0 Å². The monoisotopic (exact) mass is 406 g/mol. The summed E-state index contributed by atoms with van der Waals surface area (Å²) in [5.74, 6) is -9.54. The number of hydrogen-bond donors (Lipinski definition) is 0. The molecule has 0 nitrogen and oxygen atoms in total. The molecule has 0 aliphatic rings. The van der Waals surface area contributed by atoms with Gasteiger partial charge in [0.1, 0.15) is 5.82 Å². The molecule has 3 aromatic carbocycles. The van der Waals surface area contributed by atoms with Crippen molar-refractivity contribution in [3.05, 3.63) is 94.6 Å². The van der Waals surface area contributed by atoms with Gasteiger partial charge in [0.15, 0.2) is 29.1 Å². The van der Waals surface area contributed by atoms with E-state index >= 15 is 0 Å². The van der Waals surface area contributed by atoms with Crippen LogP contribution in [-0.2, 0) is 6.42 Å². The summed E-state index contributed by atoms with van der Waals surface area (Å²) >= 11 is 0. The van der Waals surface area contributed by atoms with Gasteiger partial charge >= 0.3 is 0 Å². The molecule has 150 valence electrons. The summed E-state index contributed by atoms with van der Waals surface area (Å²) in [6.45, 7) is 2.05. The first kappa shape index (κ1) is 20.7. The van der Waals surface area contributed by atoms with Gasteiger partial charge in [0.05, 0.1) is 0 Å². The average Bonchev–Trinajstić information content (AvgIpc) is 2.71. The topological polar surface area (TPSA) is 0 Å². The lowest BCUT2D eigenvalue weighted by molar-refractivity contribution is 0.446. The Hall–Kier alpha value is -3.02. The average molecular weight is 406 g/mol. The molecule has 0 amide bonds. The largest absolute Gasteiger partial charge is 0.206 e. The molecule has 0 heterocycles. The molecule has 0 spiro atoms. The third-order valence-corrected chi connectivity index (χ3v) is 4.46. The summed E-state index contributed by atoms with van der Waals surface area (Å²) in [6.07, 6.45) is 1.90. The molecule has 0 N–H and O–H groups in total. The van der Waals surface area contributed by atoms with Gasteiger partial charge in [-0.2, -0.15) is 0 Å². The molecule has 3 aromatic rings. The predicted molar refractivity (Wildman–Crippen MR) is 101 cm³/mol. The summed E-state index contributed by atoms with van der Waals surface area (Å²) in [6, 6.07) is 11.5. The quantitative estimate of drug-likeness (QED) is 0.232. The molecule has 0 fully saturated rings. The summed E-state index contributed by atoms with van der Waals surface area (Å²) < 4.78 is 82.7. The van der Waals surface area contributed by atoms with Gasteiger partial charge in [0.25, 0.3) is 0 Å². The molecular weight excluding hydrogens is 390 g/mol. The summed E-state index contributed by atoms with van der Waals surface area (Å²) in [5, 5.41) is 0. The second kappa shape index (κ2) is 8.55. The fraction of sp³-hybridized carbons (Fsp3) is 0.130. The molecule has 0 saturated heterocycles. The Balaban J connectivity index is 1.96. The first-order valence-electron chi connectivity index (χ1n) is 8.91. The minimum Gasteiger partial charge on any atom is -0.206 e. The maximum atomic E-state index is 14.4. The maximum Gasteiger partial charge on any atom is 0.194 e. The van der Waals surface area contributed by atoms with Crippen LogP contribution in [0.1, 0.15) is 30.0 Å². The van der Waals surface area contributed by atoms with E-state index < -0.39 is 46.0 Å². The van der Waals surface area contributed by atoms with Gasteiger partial charge in [-0.3, -0.25) is 0 Å². The molecule has 0 bridgehead atoms. The second-order valence-electron chi connectivity index (χ2n) is 6.52. The van der Waals surface area contributed by atoms with Crippen molar-refractivity contribution >= 4 is 11.7 Å². The normalized spacial score (nSPS) is 12.1. The van der Waals surface area contributed by atoms with E-state index in [-0.39, 0.29) is 0 Å². The van der Waals surface area contributed by atoms with Crippen LogP contribution < -0.4 is 0 Å². The first-order valence-corrected chi connectivity index (χ1v) is 8.91. The summed E-state index contributed by atoms with van der Waals surface area (Å²) in [7, 11) is 0. The molecular formula is C23H16F6. The van der Waals surface area contributed by atoms with Crippen LogP contribution in [0.3, 0.4) is 0 Å². The highest BCUT2D eigenvalue weighted by Gasteiger charge is 2.19. The van der Waals surface area contributed by atoms with Crippen LogP contribution >= 0.6 is 0 Å². The molecule has 3 rings (SSSR count). The number of halogens is 6. The van der Waals surface area contributed by atoms with Crippen molar-refractivity contribution in [3.8, 4) is 11.1 Å². The van der Waals surface area contributed by atoms with Gasteiger partial charge < -0.3 is 0 Å². The Kier molecular flexibility index (Phi) is 6.11. The molecule has 0 atom stereocenters. The molecule has 0 saturated carbocycles. The lowest BCUT2D eigenvalue weighted by Crippen LogP contribution is -1.95. The van der Waals surface area contributed by atoms with Crippen molar-refractivity contribution in [2.75, 3.05) is 0 Å². The Morgan fingerprint density at radius 3 is 1.83 bits per heavy atom. The SMILES string of the molecule is CCCc1ccc(-c2ccc(C(F)=C(F)c3cc(F)c(F)c(F)c3)c(F)c2)cc1. The minimum atomic E-state index is -1.80. The molecule has 6 heteroatoms. The lowest BCUT2D eigenvalue weighted by Gasteiger charge is -2.08. The molecule has 0 aliphatic carbocycles.